The molecule has 3 heterocycles. The lowest BCUT2D eigenvalue weighted by Crippen LogP contribution is -2.56. The average molecular weight is 410 g/mol. The number of fused-ring (bicyclic) bond motifs is 3. The van der Waals surface area contributed by atoms with Gasteiger partial charge < -0.3 is 33.2 Å². The van der Waals surface area contributed by atoms with Gasteiger partial charge in [-0.05, 0) is 19.8 Å². The maximum Gasteiger partial charge on any atom is 0.344 e. The van der Waals surface area contributed by atoms with Gasteiger partial charge in [0.1, 0.15) is 31.0 Å². The molecule has 3 saturated heterocycles. The van der Waals surface area contributed by atoms with Gasteiger partial charge in [0, 0.05) is 31.3 Å². The summed E-state index contributed by atoms with van der Waals surface area (Å²) < 4.78 is 40.9. The first kappa shape index (κ1) is 19.4. The van der Waals surface area contributed by atoms with Crippen LogP contribution in [-0.2, 0) is 42.7 Å². The minimum Gasteiger partial charge on any atom is -0.460 e. The average Bonchev–Trinajstić information content (AvgIpc) is 3.22. The van der Waals surface area contributed by atoms with Gasteiger partial charge in [-0.25, -0.2) is 9.59 Å². The van der Waals surface area contributed by atoms with Gasteiger partial charge in [-0.1, -0.05) is 6.58 Å². The molecule has 0 radical (unpaired) electrons. The third-order valence-electron chi connectivity index (χ3n) is 6.28. The van der Waals surface area contributed by atoms with Crippen LogP contribution in [0.25, 0.3) is 0 Å². The van der Waals surface area contributed by atoms with Crippen LogP contribution >= 0.6 is 0 Å². The van der Waals surface area contributed by atoms with Crippen LogP contribution in [0.5, 0.6) is 0 Å². The van der Waals surface area contributed by atoms with Crippen LogP contribution in [0.4, 0.5) is 0 Å². The molecule has 5 atom stereocenters. The smallest absolute Gasteiger partial charge is 0.344 e. The standard InChI is InChI=1S/C20H26O9/c1-11(2)17(22)24-10-13(21)23-9-12-14-15(27-19(26-14)5-3-6-19)16-18(25-12)29-20(28-16)7-4-8-20/h12,14-16,18H,1,3-10H2,2H3/t12-,14+,15+,16-,18-/m1/s1. The number of ether oxygens (including phenoxy) is 7. The first-order chi connectivity index (χ1) is 13.9. The second-order valence-corrected chi connectivity index (χ2v) is 8.48. The van der Waals surface area contributed by atoms with Crippen molar-refractivity contribution in [1.29, 1.82) is 0 Å². The summed E-state index contributed by atoms with van der Waals surface area (Å²) in [5.41, 5.74) is 0.216. The predicted molar refractivity (Wildman–Crippen MR) is 94.3 cm³/mol. The van der Waals surface area contributed by atoms with Gasteiger partial charge in [0.15, 0.2) is 24.5 Å². The van der Waals surface area contributed by atoms with Crippen molar-refractivity contribution in [1.82, 2.24) is 0 Å². The molecule has 0 bridgehead atoms. The quantitative estimate of drug-likeness (QED) is 0.491. The summed E-state index contributed by atoms with van der Waals surface area (Å²) in [5.74, 6) is -2.48. The minimum atomic E-state index is -0.668. The first-order valence-corrected chi connectivity index (χ1v) is 10.2. The molecule has 2 spiro atoms. The van der Waals surface area contributed by atoms with E-state index in [1.807, 2.05) is 0 Å². The zero-order valence-electron chi connectivity index (χ0n) is 16.4. The number of carbonyl (C=O) groups is 2. The molecule has 5 rings (SSSR count). The third kappa shape index (κ3) is 3.38. The van der Waals surface area contributed by atoms with E-state index in [1.54, 1.807) is 0 Å². The lowest BCUT2D eigenvalue weighted by atomic mass is 9.91. The summed E-state index contributed by atoms with van der Waals surface area (Å²) in [6, 6.07) is 0. The SMILES string of the molecule is C=C(C)C(=O)OCC(=O)OC[C@H]1O[C@@H]2OC3(CCC3)O[C@@H]2[C@H]2OC3(CCC3)O[C@H]21. The number of hydrogen-bond donors (Lipinski definition) is 0. The van der Waals surface area contributed by atoms with E-state index in [2.05, 4.69) is 6.58 Å². The van der Waals surface area contributed by atoms with E-state index in [1.165, 1.54) is 6.92 Å². The molecule has 0 aromatic rings. The minimum absolute atomic E-state index is 0.0519. The molecule has 0 N–H and O–H groups in total. The lowest BCUT2D eigenvalue weighted by Gasteiger charge is -2.37. The van der Waals surface area contributed by atoms with Gasteiger partial charge in [0.25, 0.3) is 0 Å². The highest BCUT2D eigenvalue weighted by Crippen LogP contribution is 2.53. The fourth-order valence-electron chi connectivity index (χ4n) is 4.39. The Morgan fingerprint density at radius 1 is 0.931 bits per heavy atom. The largest absolute Gasteiger partial charge is 0.460 e. The number of hydrogen-bond acceptors (Lipinski definition) is 9. The van der Waals surface area contributed by atoms with Gasteiger partial charge in [-0.3, -0.25) is 0 Å². The topological polar surface area (TPSA) is 98.8 Å². The van der Waals surface area contributed by atoms with E-state index >= 15 is 0 Å². The Balaban J connectivity index is 1.23. The van der Waals surface area contributed by atoms with Gasteiger partial charge in [-0.2, -0.15) is 0 Å². The van der Waals surface area contributed by atoms with E-state index < -0.39 is 48.6 Å². The molecule has 0 aromatic carbocycles. The van der Waals surface area contributed by atoms with Crippen LogP contribution < -0.4 is 0 Å². The zero-order valence-corrected chi connectivity index (χ0v) is 16.4. The summed E-state index contributed by atoms with van der Waals surface area (Å²) in [4.78, 5) is 23.4. The van der Waals surface area contributed by atoms with Crippen LogP contribution in [0, 0.1) is 0 Å². The molecule has 2 saturated carbocycles. The maximum absolute atomic E-state index is 12.0. The molecule has 160 valence electrons. The van der Waals surface area contributed by atoms with E-state index in [-0.39, 0.29) is 24.4 Å². The number of carbonyl (C=O) groups excluding carboxylic acids is 2. The molecule has 0 aromatic heterocycles. The normalized spacial score (nSPS) is 37.9. The molecule has 0 amide bonds. The van der Waals surface area contributed by atoms with Crippen molar-refractivity contribution >= 4 is 11.9 Å². The highest BCUT2D eigenvalue weighted by atomic mass is 16.9. The van der Waals surface area contributed by atoms with Gasteiger partial charge in [-0.15, -0.1) is 0 Å². The Morgan fingerprint density at radius 2 is 1.55 bits per heavy atom. The van der Waals surface area contributed by atoms with E-state index in [0.717, 1.165) is 38.5 Å². The summed E-state index contributed by atoms with van der Waals surface area (Å²) in [5, 5.41) is 0. The Morgan fingerprint density at radius 3 is 2.17 bits per heavy atom. The monoisotopic (exact) mass is 410 g/mol. The Kier molecular flexibility index (Phi) is 4.71. The molecule has 9 nitrogen and oxygen atoms in total. The number of rotatable bonds is 5. The molecule has 5 aliphatic rings. The van der Waals surface area contributed by atoms with Gasteiger partial charge in [0.2, 0.25) is 0 Å². The summed E-state index contributed by atoms with van der Waals surface area (Å²) in [6.45, 7) is 4.44. The molecule has 2 aliphatic carbocycles. The van der Waals surface area contributed by atoms with Crippen molar-refractivity contribution in [3.05, 3.63) is 12.2 Å². The molecule has 9 heteroatoms. The summed E-state index contributed by atoms with van der Waals surface area (Å²) >= 11 is 0. The predicted octanol–water partition coefficient (Wildman–Crippen LogP) is 1.33. The molecular weight excluding hydrogens is 384 g/mol. The lowest BCUT2D eigenvalue weighted by molar-refractivity contribution is -0.270. The van der Waals surface area contributed by atoms with Crippen molar-refractivity contribution in [2.45, 2.75) is 87.7 Å². The van der Waals surface area contributed by atoms with Gasteiger partial charge in [0.05, 0.1) is 0 Å². The van der Waals surface area contributed by atoms with Crippen LogP contribution in [-0.4, -0.2) is 67.4 Å². The van der Waals surface area contributed by atoms with Crippen LogP contribution in [0.2, 0.25) is 0 Å². The van der Waals surface area contributed by atoms with Crippen molar-refractivity contribution in [3.8, 4) is 0 Å². The zero-order chi connectivity index (χ0) is 20.2. The van der Waals surface area contributed by atoms with E-state index in [9.17, 15) is 9.59 Å². The Bertz CT molecular complexity index is 711. The van der Waals surface area contributed by atoms with E-state index in [0.29, 0.717) is 0 Å². The van der Waals surface area contributed by atoms with Crippen LogP contribution in [0.3, 0.4) is 0 Å². The van der Waals surface area contributed by atoms with Gasteiger partial charge >= 0.3 is 11.9 Å². The first-order valence-electron chi connectivity index (χ1n) is 10.2. The summed E-state index contributed by atoms with van der Waals surface area (Å²) in [7, 11) is 0. The number of esters is 2. The third-order valence-corrected chi connectivity index (χ3v) is 6.28. The highest BCUT2D eigenvalue weighted by Gasteiger charge is 2.65. The summed E-state index contributed by atoms with van der Waals surface area (Å²) in [6.07, 6.45) is 3.17. The second-order valence-electron chi connectivity index (χ2n) is 8.48. The van der Waals surface area contributed by atoms with Crippen molar-refractivity contribution in [2.24, 2.45) is 0 Å². The maximum atomic E-state index is 12.0. The fourth-order valence-corrected chi connectivity index (χ4v) is 4.39. The second kappa shape index (κ2) is 7.02. The van der Waals surface area contributed by atoms with Crippen molar-refractivity contribution < 1.29 is 42.7 Å². The Labute approximate surface area is 168 Å². The van der Waals surface area contributed by atoms with Crippen LogP contribution in [0.1, 0.15) is 45.4 Å². The molecular formula is C20H26O9. The van der Waals surface area contributed by atoms with Crippen LogP contribution in [0.15, 0.2) is 12.2 Å². The molecule has 5 fully saturated rings. The molecule has 29 heavy (non-hydrogen) atoms. The molecule has 0 unspecified atom stereocenters. The van der Waals surface area contributed by atoms with E-state index in [4.69, 9.17) is 33.2 Å². The van der Waals surface area contributed by atoms with Crippen molar-refractivity contribution in [2.75, 3.05) is 13.2 Å². The fraction of sp³-hybridized carbons (Fsp3) is 0.800. The Hall–Kier alpha value is -1.52. The van der Waals surface area contributed by atoms with Crippen molar-refractivity contribution in [3.63, 3.8) is 0 Å². The molecule has 3 aliphatic heterocycles. The highest BCUT2D eigenvalue weighted by molar-refractivity contribution is 5.88.